The second-order valence-corrected chi connectivity index (χ2v) is 5.00. The standard InChI is InChI=1S/C12H18N2O2S/c1-10(14-3-5-16-6-4-14)8-13-12(15)11-2-7-17-9-11/h2,7,9-10H,3-6,8H2,1H3,(H,13,15). The van der Waals surface area contributed by atoms with E-state index < -0.39 is 0 Å². The third kappa shape index (κ3) is 3.52. The van der Waals surface area contributed by atoms with Crippen LogP contribution in [0.1, 0.15) is 17.3 Å². The summed E-state index contributed by atoms with van der Waals surface area (Å²) in [5, 5.41) is 6.75. The molecule has 1 atom stereocenters. The van der Waals surface area contributed by atoms with Crippen molar-refractivity contribution >= 4 is 17.2 Å². The summed E-state index contributed by atoms with van der Waals surface area (Å²) in [6, 6.07) is 2.21. The molecule has 1 N–H and O–H groups in total. The summed E-state index contributed by atoms with van der Waals surface area (Å²) in [6.45, 7) is 6.32. The molecule has 1 saturated heterocycles. The zero-order chi connectivity index (χ0) is 12.1. The maximum atomic E-state index is 11.7. The Kier molecular flexibility index (Phi) is 4.53. The highest BCUT2D eigenvalue weighted by molar-refractivity contribution is 7.08. The van der Waals surface area contributed by atoms with Gasteiger partial charge in [-0.3, -0.25) is 9.69 Å². The lowest BCUT2D eigenvalue weighted by atomic mass is 10.2. The number of ether oxygens (including phenoxy) is 1. The van der Waals surface area contributed by atoms with Gasteiger partial charge in [0, 0.05) is 36.6 Å². The minimum atomic E-state index is 0.0198. The summed E-state index contributed by atoms with van der Waals surface area (Å²) in [5.74, 6) is 0.0198. The molecule has 1 fully saturated rings. The van der Waals surface area contributed by atoms with E-state index in [0.717, 1.165) is 31.9 Å². The molecule has 1 aromatic rings. The maximum Gasteiger partial charge on any atom is 0.252 e. The van der Waals surface area contributed by atoms with E-state index in [9.17, 15) is 4.79 Å². The van der Waals surface area contributed by atoms with Crippen LogP contribution in [0, 0.1) is 0 Å². The molecule has 1 aromatic heterocycles. The molecule has 0 spiro atoms. The summed E-state index contributed by atoms with van der Waals surface area (Å²) in [4.78, 5) is 14.1. The van der Waals surface area contributed by atoms with Crippen molar-refractivity contribution in [3.8, 4) is 0 Å². The van der Waals surface area contributed by atoms with E-state index in [1.54, 1.807) is 11.3 Å². The molecule has 1 aliphatic rings. The van der Waals surface area contributed by atoms with Crippen molar-refractivity contribution in [3.63, 3.8) is 0 Å². The smallest absolute Gasteiger partial charge is 0.252 e. The molecule has 2 rings (SSSR count). The Hall–Kier alpha value is -0.910. The number of hydrogen-bond donors (Lipinski definition) is 1. The molecule has 1 aliphatic heterocycles. The molecule has 0 bridgehead atoms. The van der Waals surface area contributed by atoms with E-state index in [1.807, 2.05) is 16.8 Å². The van der Waals surface area contributed by atoms with Crippen LogP contribution < -0.4 is 5.32 Å². The SMILES string of the molecule is CC(CNC(=O)c1ccsc1)N1CCOCC1. The zero-order valence-electron chi connectivity index (χ0n) is 10.0. The van der Waals surface area contributed by atoms with Gasteiger partial charge in [-0.1, -0.05) is 0 Å². The minimum Gasteiger partial charge on any atom is -0.379 e. The number of thiophene rings is 1. The number of carbonyl (C=O) groups excluding carboxylic acids is 1. The van der Waals surface area contributed by atoms with Crippen LogP contribution >= 0.6 is 11.3 Å². The Morgan fingerprint density at radius 2 is 2.35 bits per heavy atom. The Labute approximate surface area is 106 Å². The Bertz CT molecular complexity index is 347. The molecular weight excluding hydrogens is 236 g/mol. The second kappa shape index (κ2) is 6.14. The number of amides is 1. The quantitative estimate of drug-likeness (QED) is 0.878. The van der Waals surface area contributed by atoms with Gasteiger partial charge in [-0.2, -0.15) is 11.3 Å². The fourth-order valence-electron chi connectivity index (χ4n) is 1.88. The largest absolute Gasteiger partial charge is 0.379 e. The van der Waals surface area contributed by atoms with Gasteiger partial charge in [0.25, 0.3) is 5.91 Å². The van der Waals surface area contributed by atoms with E-state index in [4.69, 9.17) is 4.74 Å². The van der Waals surface area contributed by atoms with Crippen molar-refractivity contribution in [3.05, 3.63) is 22.4 Å². The Morgan fingerprint density at radius 3 is 3.00 bits per heavy atom. The predicted octanol–water partition coefficient (Wildman–Crippen LogP) is 1.20. The average molecular weight is 254 g/mol. The van der Waals surface area contributed by atoms with Gasteiger partial charge < -0.3 is 10.1 Å². The van der Waals surface area contributed by atoms with Gasteiger partial charge in [0.15, 0.2) is 0 Å². The highest BCUT2D eigenvalue weighted by Crippen LogP contribution is 2.06. The number of hydrogen-bond acceptors (Lipinski definition) is 4. The fourth-order valence-corrected chi connectivity index (χ4v) is 2.52. The van der Waals surface area contributed by atoms with Crippen LogP contribution in [-0.4, -0.2) is 49.7 Å². The van der Waals surface area contributed by atoms with Crippen molar-refractivity contribution in [1.29, 1.82) is 0 Å². The zero-order valence-corrected chi connectivity index (χ0v) is 10.8. The number of rotatable bonds is 4. The van der Waals surface area contributed by atoms with E-state index >= 15 is 0 Å². The predicted molar refractivity (Wildman–Crippen MR) is 68.5 cm³/mol. The van der Waals surface area contributed by atoms with Gasteiger partial charge >= 0.3 is 0 Å². The van der Waals surface area contributed by atoms with Gasteiger partial charge in [-0.25, -0.2) is 0 Å². The molecular formula is C12H18N2O2S. The van der Waals surface area contributed by atoms with E-state index in [2.05, 4.69) is 17.1 Å². The molecule has 4 nitrogen and oxygen atoms in total. The van der Waals surface area contributed by atoms with Gasteiger partial charge in [0.2, 0.25) is 0 Å². The van der Waals surface area contributed by atoms with Gasteiger partial charge in [0.1, 0.15) is 0 Å². The lowest BCUT2D eigenvalue weighted by molar-refractivity contribution is 0.0204. The van der Waals surface area contributed by atoms with E-state index in [0.29, 0.717) is 12.6 Å². The maximum absolute atomic E-state index is 11.7. The highest BCUT2D eigenvalue weighted by Gasteiger charge is 2.17. The van der Waals surface area contributed by atoms with Crippen molar-refractivity contribution < 1.29 is 9.53 Å². The summed E-state index contributed by atoms with van der Waals surface area (Å²) in [7, 11) is 0. The lowest BCUT2D eigenvalue weighted by Crippen LogP contribution is -2.47. The first-order chi connectivity index (χ1) is 8.27. The fraction of sp³-hybridized carbons (Fsp3) is 0.583. The summed E-state index contributed by atoms with van der Waals surface area (Å²) in [5.41, 5.74) is 0.754. The molecule has 1 amide bonds. The number of morpholine rings is 1. The minimum absolute atomic E-state index is 0.0198. The highest BCUT2D eigenvalue weighted by atomic mass is 32.1. The first-order valence-corrected chi connectivity index (χ1v) is 6.84. The van der Waals surface area contributed by atoms with E-state index in [-0.39, 0.29) is 5.91 Å². The van der Waals surface area contributed by atoms with Crippen molar-refractivity contribution in [2.45, 2.75) is 13.0 Å². The second-order valence-electron chi connectivity index (χ2n) is 4.22. The van der Waals surface area contributed by atoms with Crippen molar-refractivity contribution in [1.82, 2.24) is 10.2 Å². The van der Waals surface area contributed by atoms with E-state index in [1.165, 1.54) is 0 Å². The average Bonchev–Trinajstić information content (AvgIpc) is 2.90. The van der Waals surface area contributed by atoms with Crippen LogP contribution in [0.4, 0.5) is 0 Å². The van der Waals surface area contributed by atoms with Crippen LogP contribution in [0.25, 0.3) is 0 Å². The first-order valence-electron chi connectivity index (χ1n) is 5.89. The van der Waals surface area contributed by atoms with Crippen LogP contribution in [0.15, 0.2) is 16.8 Å². The third-order valence-electron chi connectivity index (χ3n) is 3.01. The molecule has 5 heteroatoms. The first kappa shape index (κ1) is 12.5. The molecule has 0 saturated carbocycles. The Balaban J connectivity index is 1.75. The normalized spacial score (nSPS) is 18.9. The van der Waals surface area contributed by atoms with Gasteiger partial charge in [-0.05, 0) is 18.4 Å². The van der Waals surface area contributed by atoms with Crippen LogP contribution in [0.2, 0.25) is 0 Å². The molecule has 1 unspecified atom stereocenters. The van der Waals surface area contributed by atoms with Gasteiger partial charge in [0.05, 0.1) is 13.2 Å². The third-order valence-corrected chi connectivity index (χ3v) is 3.69. The topological polar surface area (TPSA) is 41.6 Å². The van der Waals surface area contributed by atoms with Crippen molar-refractivity contribution in [2.75, 3.05) is 32.8 Å². The molecule has 94 valence electrons. The van der Waals surface area contributed by atoms with Gasteiger partial charge in [-0.15, -0.1) is 0 Å². The summed E-state index contributed by atoms with van der Waals surface area (Å²) in [6.07, 6.45) is 0. The number of nitrogens with one attached hydrogen (secondary N) is 1. The molecule has 0 radical (unpaired) electrons. The number of carbonyl (C=O) groups is 1. The number of nitrogens with zero attached hydrogens (tertiary/aromatic N) is 1. The Morgan fingerprint density at radius 1 is 1.59 bits per heavy atom. The molecule has 17 heavy (non-hydrogen) atoms. The monoisotopic (exact) mass is 254 g/mol. The van der Waals surface area contributed by atoms with Crippen LogP contribution in [0.5, 0.6) is 0 Å². The van der Waals surface area contributed by atoms with Crippen LogP contribution in [-0.2, 0) is 4.74 Å². The lowest BCUT2D eigenvalue weighted by Gasteiger charge is -2.32. The molecule has 0 aliphatic carbocycles. The van der Waals surface area contributed by atoms with Crippen LogP contribution in [0.3, 0.4) is 0 Å². The summed E-state index contributed by atoms with van der Waals surface area (Å²) >= 11 is 1.54. The molecule has 2 heterocycles. The molecule has 0 aromatic carbocycles. The summed E-state index contributed by atoms with van der Waals surface area (Å²) < 4.78 is 5.31. The van der Waals surface area contributed by atoms with Crippen molar-refractivity contribution in [2.24, 2.45) is 0 Å².